The predicted molar refractivity (Wildman–Crippen MR) is 116 cm³/mol. The van der Waals surface area contributed by atoms with Crippen LogP contribution < -0.4 is 0 Å². The summed E-state index contributed by atoms with van der Waals surface area (Å²) in [5, 5.41) is 0. The van der Waals surface area contributed by atoms with Crippen molar-refractivity contribution in [2.45, 2.75) is 36.0 Å². The zero-order valence-electron chi connectivity index (χ0n) is 16.7. The van der Waals surface area contributed by atoms with E-state index < -0.39 is 18.6 Å². The molecule has 0 N–H and O–H groups in total. The maximum atomic E-state index is 13.2. The van der Waals surface area contributed by atoms with Gasteiger partial charge in [-0.25, -0.2) is 4.79 Å². The summed E-state index contributed by atoms with van der Waals surface area (Å²) in [4.78, 5) is 53.0. The highest BCUT2D eigenvalue weighted by Gasteiger charge is 2.67. The third-order valence-electron chi connectivity index (χ3n) is 6.61. The molecule has 0 aromatic heterocycles. The van der Waals surface area contributed by atoms with Crippen molar-refractivity contribution < 1.29 is 23.9 Å². The molecule has 1 heterocycles. The number of Topliss-reactive ketones (excluding diaryl/α,β-unsaturated/α-hetero) is 1. The van der Waals surface area contributed by atoms with E-state index in [1.165, 1.54) is 0 Å². The fourth-order valence-corrected chi connectivity index (χ4v) is 7.12. The second-order valence-corrected chi connectivity index (χ2v) is 10.8. The number of benzene rings is 1. The monoisotopic (exact) mass is 539 g/mol. The molecule has 30 heavy (non-hydrogen) atoms. The fourth-order valence-electron chi connectivity index (χ4n) is 5.25. The first-order valence-electron chi connectivity index (χ1n) is 10.1. The van der Waals surface area contributed by atoms with Crippen LogP contribution in [0, 0.1) is 29.6 Å². The number of carbonyl (C=O) groups is 4. The summed E-state index contributed by atoms with van der Waals surface area (Å²) in [7, 11) is 0. The second-order valence-electron chi connectivity index (χ2n) is 8.64. The van der Waals surface area contributed by atoms with Gasteiger partial charge in [-0.05, 0) is 24.2 Å². The Morgan fingerprint density at radius 3 is 2.07 bits per heavy atom. The lowest BCUT2D eigenvalue weighted by molar-refractivity contribution is -0.160. The number of nitrogens with zero attached hydrogens (tertiary/aromatic N) is 1. The summed E-state index contributed by atoms with van der Waals surface area (Å²) in [5.41, 5.74) is 0.442. The van der Waals surface area contributed by atoms with Gasteiger partial charge in [-0.3, -0.25) is 19.3 Å². The van der Waals surface area contributed by atoms with Crippen molar-refractivity contribution in [3.05, 3.63) is 35.9 Å². The number of ether oxygens (including phenoxy) is 1. The summed E-state index contributed by atoms with van der Waals surface area (Å²) in [6, 6.07) is 7.52. The number of rotatable bonds is 6. The minimum atomic E-state index is -1.03. The van der Waals surface area contributed by atoms with E-state index in [0.717, 1.165) is 11.3 Å². The van der Waals surface area contributed by atoms with E-state index in [9.17, 15) is 19.2 Å². The molecule has 6 nitrogen and oxygen atoms in total. The van der Waals surface area contributed by atoms with Gasteiger partial charge >= 0.3 is 5.97 Å². The number of fused-ring (bicyclic) bond motifs is 5. The lowest BCUT2D eigenvalue weighted by atomic mass is 9.81. The second kappa shape index (κ2) is 8.19. The molecule has 8 heteroatoms. The number of hydrogen-bond donors (Lipinski definition) is 0. The largest absolute Gasteiger partial charge is 0.456 e. The van der Waals surface area contributed by atoms with E-state index in [2.05, 4.69) is 31.9 Å². The first-order valence-corrected chi connectivity index (χ1v) is 12.0. The average Bonchev–Trinajstić information content (AvgIpc) is 3.33. The van der Waals surface area contributed by atoms with Gasteiger partial charge in [0.25, 0.3) is 0 Å². The van der Waals surface area contributed by atoms with E-state index in [1.54, 1.807) is 44.2 Å². The fraction of sp³-hybridized carbons (Fsp3) is 0.545. The van der Waals surface area contributed by atoms with Gasteiger partial charge in [-0.1, -0.05) is 76.0 Å². The van der Waals surface area contributed by atoms with Crippen LogP contribution in [0.2, 0.25) is 0 Å². The molecular formula is C22H23Br2NO5. The molecule has 4 rings (SSSR count). The van der Waals surface area contributed by atoms with Crippen molar-refractivity contribution in [3.63, 3.8) is 0 Å². The van der Waals surface area contributed by atoms with Crippen molar-refractivity contribution in [2.24, 2.45) is 29.6 Å². The number of carbonyl (C=O) groups excluding carboxylic acids is 4. The van der Waals surface area contributed by atoms with Crippen molar-refractivity contribution in [1.82, 2.24) is 4.90 Å². The zero-order valence-corrected chi connectivity index (χ0v) is 19.8. The third kappa shape index (κ3) is 3.36. The Kier molecular flexibility index (Phi) is 5.92. The number of likely N-dealkylation sites (tertiary alicyclic amines) is 1. The highest BCUT2D eigenvalue weighted by atomic mass is 79.9. The molecule has 7 atom stereocenters. The molecule has 1 aromatic rings. The first kappa shape index (κ1) is 21.7. The molecular weight excluding hydrogens is 518 g/mol. The Labute approximate surface area is 192 Å². The zero-order chi connectivity index (χ0) is 21.7. The minimum Gasteiger partial charge on any atom is -0.456 e. The van der Waals surface area contributed by atoms with Crippen LogP contribution in [0.25, 0.3) is 0 Å². The van der Waals surface area contributed by atoms with Gasteiger partial charge in [-0.2, -0.15) is 0 Å². The Bertz CT molecular complexity index is 857. The van der Waals surface area contributed by atoms with E-state index >= 15 is 0 Å². The van der Waals surface area contributed by atoms with Crippen LogP contribution in [0.5, 0.6) is 0 Å². The number of imide groups is 1. The Morgan fingerprint density at radius 1 is 1.03 bits per heavy atom. The molecule has 1 aromatic carbocycles. The molecule has 2 amide bonds. The molecule has 160 valence electrons. The normalized spacial score (nSPS) is 33.2. The maximum absolute atomic E-state index is 13.2. The molecule has 3 aliphatic rings. The van der Waals surface area contributed by atoms with E-state index in [1.807, 2.05) is 0 Å². The molecule has 3 fully saturated rings. The van der Waals surface area contributed by atoms with Gasteiger partial charge in [-0.15, -0.1) is 0 Å². The quantitative estimate of drug-likeness (QED) is 0.239. The van der Waals surface area contributed by atoms with E-state index in [-0.39, 0.29) is 56.8 Å². The SMILES string of the molecule is CC(C)[C@@H](C(=O)OCC(=O)c1ccccc1)N1C(=O)[C@@H]2[C@@H]3C[C@H]([C@H](Br)[C@@H]3Br)[C@@H]2C1=O. The molecule has 0 spiro atoms. The molecule has 2 saturated carbocycles. The highest BCUT2D eigenvalue weighted by molar-refractivity contribution is 9.12. The number of amides is 2. The van der Waals surface area contributed by atoms with Crippen molar-refractivity contribution in [1.29, 1.82) is 0 Å². The van der Waals surface area contributed by atoms with Crippen LogP contribution in [0.15, 0.2) is 30.3 Å². The van der Waals surface area contributed by atoms with Crippen LogP contribution in [0.4, 0.5) is 0 Å². The molecule has 2 bridgehead atoms. The van der Waals surface area contributed by atoms with Gasteiger partial charge in [0, 0.05) is 15.2 Å². The molecule has 0 radical (unpaired) electrons. The summed E-state index contributed by atoms with van der Waals surface area (Å²) in [5.74, 6) is -2.56. The summed E-state index contributed by atoms with van der Waals surface area (Å²) in [6.07, 6.45) is 0.828. The highest BCUT2D eigenvalue weighted by Crippen LogP contribution is 2.60. The van der Waals surface area contributed by atoms with Crippen LogP contribution in [-0.2, 0) is 19.1 Å². The number of ketones is 1. The number of halogens is 2. The average molecular weight is 541 g/mol. The van der Waals surface area contributed by atoms with Crippen molar-refractivity contribution >= 4 is 55.4 Å². The van der Waals surface area contributed by atoms with Gasteiger partial charge in [0.1, 0.15) is 6.04 Å². The van der Waals surface area contributed by atoms with Crippen LogP contribution in [0.1, 0.15) is 30.6 Å². The Balaban J connectivity index is 1.51. The molecule has 1 aliphatic heterocycles. The van der Waals surface area contributed by atoms with Crippen LogP contribution in [-0.4, -0.2) is 50.8 Å². The topological polar surface area (TPSA) is 80.8 Å². The standard InChI is InChI=1S/C22H23Br2NO5/c1-10(2)19(22(29)30-9-14(26)11-6-4-3-5-7-11)25-20(27)15-12-8-13(16(15)21(25)28)18(24)17(12)23/h3-7,10,12-13,15-19H,8-9H2,1-2H3/t12-,13-,15-,16+,17-,18+,19-/m0/s1. The summed E-state index contributed by atoms with van der Waals surface area (Å²) >= 11 is 7.33. The Morgan fingerprint density at radius 2 is 1.57 bits per heavy atom. The molecule has 1 saturated heterocycles. The smallest absolute Gasteiger partial charge is 0.330 e. The van der Waals surface area contributed by atoms with Crippen molar-refractivity contribution in [2.75, 3.05) is 6.61 Å². The van der Waals surface area contributed by atoms with Crippen LogP contribution in [0.3, 0.4) is 0 Å². The third-order valence-corrected chi connectivity index (χ3v) is 9.82. The lowest BCUT2D eigenvalue weighted by Gasteiger charge is -2.28. The number of alkyl halides is 2. The first-order chi connectivity index (χ1) is 14.2. The van der Waals surface area contributed by atoms with E-state index in [0.29, 0.717) is 5.56 Å². The van der Waals surface area contributed by atoms with E-state index in [4.69, 9.17) is 4.74 Å². The number of hydrogen-bond acceptors (Lipinski definition) is 5. The van der Waals surface area contributed by atoms with Gasteiger partial charge in [0.2, 0.25) is 11.8 Å². The number of esters is 1. The van der Waals surface area contributed by atoms with Crippen LogP contribution >= 0.6 is 31.9 Å². The maximum Gasteiger partial charge on any atom is 0.330 e. The summed E-state index contributed by atoms with van der Waals surface area (Å²) < 4.78 is 5.27. The summed E-state index contributed by atoms with van der Waals surface area (Å²) in [6.45, 7) is 3.12. The Hall–Kier alpha value is -1.54. The van der Waals surface area contributed by atoms with Gasteiger partial charge in [0.05, 0.1) is 11.8 Å². The van der Waals surface area contributed by atoms with Crippen molar-refractivity contribution in [3.8, 4) is 0 Å². The van der Waals surface area contributed by atoms with Gasteiger partial charge < -0.3 is 4.74 Å². The molecule has 2 aliphatic carbocycles. The minimum absolute atomic E-state index is 0.0781. The lowest BCUT2D eigenvalue weighted by Crippen LogP contribution is -2.50. The van der Waals surface area contributed by atoms with Gasteiger partial charge in [0.15, 0.2) is 12.4 Å². The predicted octanol–water partition coefficient (Wildman–Crippen LogP) is 3.22. The molecule has 0 unspecified atom stereocenters.